The minimum Gasteiger partial charge on any atom is -0.486 e. The zero-order valence-electron chi connectivity index (χ0n) is 14.2. The van der Waals surface area contributed by atoms with Gasteiger partial charge in [-0.1, -0.05) is 6.07 Å². The van der Waals surface area contributed by atoms with Gasteiger partial charge in [0.05, 0.1) is 6.04 Å². The summed E-state index contributed by atoms with van der Waals surface area (Å²) in [6.07, 6.45) is 1.74. The van der Waals surface area contributed by atoms with Crippen LogP contribution in [0.25, 0.3) is 0 Å². The Morgan fingerprint density at radius 1 is 1.24 bits per heavy atom. The molecule has 1 aliphatic rings. The molecule has 0 saturated carbocycles. The van der Waals surface area contributed by atoms with Crippen molar-refractivity contribution in [1.29, 1.82) is 0 Å². The second kappa shape index (κ2) is 7.29. The molecule has 1 aromatic carbocycles. The predicted octanol–water partition coefficient (Wildman–Crippen LogP) is 1.83. The fourth-order valence-electron chi connectivity index (χ4n) is 2.57. The average molecular weight is 344 g/mol. The molecule has 1 aromatic heterocycles. The van der Waals surface area contributed by atoms with E-state index in [9.17, 15) is 9.59 Å². The predicted molar refractivity (Wildman–Crippen MR) is 89.7 cm³/mol. The Bertz CT molecular complexity index is 784. The van der Waals surface area contributed by atoms with Gasteiger partial charge in [-0.05, 0) is 36.8 Å². The number of benzene rings is 1. The van der Waals surface area contributed by atoms with Crippen LogP contribution in [0.4, 0.5) is 0 Å². The van der Waals surface area contributed by atoms with Gasteiger partial charge in [0.15, 0.2) is 18.1 Å². The van der Waals surface area contributed by atoms with Crippen molar-refractivity contribution < 1.29 is 23.8 Å². The van der Waals surface area contributed by atoms with E-state index in [-0.39, 0.29) is 18.6 Å². The Kier molecular flexibility index (Phi) is 4.92. The van der Waals surface area contributed by atoms with Gasteiger partial charge in [0.25, 0.3) is 5.91 Å². The maximum Gasteiger partial charge on any atom is 0.355 e. The lowest BCUT2D eigenvalue weighted by Gasteiger charge is -2.21. The number of carbonyl (C=O) groups is 2. The molecule has 3 rings (SSSR count). The highest BCUT2D eigenvalue weighted by Gasteiger charge is 2.17. The molecular weight excluding hydrogens is 324 g/mol. The standard InChI is InChI=1S/C18H20N2O5/c1-12(13-5-6-15-16(10-13)24-9-8-23-15)19-17(21)11-25-18(22)14-4-3-7-20(14)2/h3-7,10,12H,8-9,11H2,1-2H3,(H,19,21). The Morgan fingerprint density at radius 2 is 2.00 bits per heavy atom. The number of carbonyl (C=O) groups excluding carboxylic acids is 2. The van der Waals surface area contributed by atoms with Crippen molar-refractivity contribution in [2.45, 2.75) is 13.0 Å². The molecule has 0 bridgehead atoms. The van der Waals surface area contributed by atoms with Gasteiger partial charge in [0.2, 0.25) is 0 Å². The number of hydrogen-bond acceptors (Lipinski definition) is 5. The summed E-state index contributed by atoms with van der Waals surface area (Å²) < 4.78 is 17.7. The molecule has 1 amide bonds. The molecule has 7 heteroatoms. The van der Waals surface area contributed by atoms with Gasteiger partial charge in [-0.25, -0.2) is 4.79 Å². The van der Waals surface area contributed by atoms with E-state index >= 15 is 0 Å². The molecule has 1 atom stereocenters. The molecule has 132 valence electrons. The Balaban J connectivity index is 1.54. The van der Waals surface area contributed by atoms with Crippen LogP contribution in [0.5, 0.6) is 11.5 Å². The third-order valence-corrected chi connectivity index (χ3v) is 3.93. The fraction of sp³-hybridized carbons (Fsp3) is 0.333. The van der Waals surface area contributed by atoms with E-state index in [1.54, 1.807) is 29.9 Å². The van der Waals surface area contributed by atoms with E-state index in [1.807, 2.05) is 25.1 Å². The van der Waals surface area contributed by atoms with Crippen molar-refractivity contribution in [3.8, 4) is 11.5 Å². The quantitative estimate of drug-likeness (QED) is 0.837. The van der Waals surface area contributed by atoms with E-state index in [2.05, 4.69) is 5.32 Å². The average Bonchev–Trinajstić information content (AvgIpc) is 3.05. The molecule has 1 unspecified atom stereocenters. The van der Waals surface area contributed by atoms with Crippen LogP contribution < -0.4 is 14.8 Å². The summed E-state index contributed by atoms with van der Waals surface area (Å²) in [6, 6.07) is 8.65. The van der Waals surface area contributed by atoms with E-state index in [0.29, 0.717) is 30.4 Å². The van der Waals surface area contributed by atoms with Crippen LogP contribution in [-0.2, 0) is 16.6 Å². The van der Waals surface area contributed by atoms with Crippen LogP contribution >= 0.6 is 0 Å². The number of fused-ring (bicyclic) bond motifs is 1. The zero-order valence-corrected chi connectivity index (χ0v) is 14.2. The topological polar surface area (TPSA) is 78.8 Å². The number of nitrogens with one attached hydrogen (secondary N) is 1. The molecule has 25 heavy (non-hydrogen) atoms. The molecule has 2 aromatic rings. The first-order valence-corrected chi connectivity index (χ1v) is 8.02. The monoisotopic (exact) mass is 344 g/mol. The van der Waals surface area contributed by atoms with Gasteiger partial charge in [0.1, 0.15) is 18.9 Å². The number of aromatic nitrogens is 1. The van der Waals surface area contributed by atoms with Gasteiger partial charge < -0.3 is 24.1 Å². The number of amides is 1. The fourth-order valence-corrected chi connectivity index (χ4v) is 2.57. The van der Waals surface area contributed by atoms with Gasteiger partial charge in [-0.2, -0.15) is 0 Å². The van der Waals surface area contributed by atoms with Gasteiger partial charge >= 0.3 is 5.97 Å². The molecule has 0 saturated heterocycles. The molecule has 0 radical (unpaired) electrons. The summed E-state index contributed by atoms with van der Waals surface area (Å²) in [7, 11) is 1.74. The number of esters is 1. The van der Waals surface area contributed by atoms with Crippen LogP contribution in [0, 0.1) is 0 Å². The van der Waals surface area contributed by atoms with Crippen molar-refractivity contribution in [3.05, 3.63) is 47.8 Å². The lowest BCUT2D eigenvalue weighted by Crippen LogP contribution is -2.31. The second-order valence-electron chi connectivity index (χ2n) is 5.77. The molecule has 2 heterocycles. The number of hydrogen-bond donors (Lipinski definition) is 1. The van der Waals surface area contributed by atoms with Crippen molar-refractivity contribution >= 4 is 11.9 Å². The summed E-state index contributed by atoms with van der Waals surface area (Å²) in [5.74, 6) is 0.463. The number of ether oxygens (including phenoxy) is 3. The molecule has 7 nitrogen and oxygen atoms in total. The van der Waals surface area contributed by atoms with Crippen LogP contribution in [0.1, 0.15) is 29.0 Å². The highest BCUT2D eigenvalue weighted by molar-refractivity contribution is 5.90. The lowest BCUT2D eigenvalue weighted by atomic mass is 10.1. The third-order valence-electron chi connectivity index (χ3n) is 3.93. The molecule has 0 fully saturated rings. The van der Waals surface area contributed by atoms with Crippen LogP contribution in [0.2, 0.25) is 0 Å². The second-order valence-corrected chi connectivity index (χ2v) is 5.77. The van der Waals surface area contributed by atoms with Crippen molar-refractivity contribution in [2.75, 3.05) is 19.8 Å². The molecule has 1 aliphatic heterocycles. The van der Waals surface area contributed by atoms with Gasteiger partial charge in [-0.3, -0.25) is 4.79 Å². The minimum atomic E-state index is -0.533. The van der Waals surface area contributed by atoms with Crippen molar-refractivity contribution in [2.24, 2.45) is 7.05 Å². The number of aryl methyl sites for hydroxylation is 1. The molecule has 0 aliphatic carbocycles. The molecule has 1 N–H and O–H groups in total. The maximum absolute atomic E-state index is 12.0. The molecule has 0 spiro atoms. The Hall–Kier alpha value is -2.96. The highest BCUT2D eigenvalue weighted by atomic mass is 16.6. The van der Waals surface area contributed by atoms with E-state index in [1.165, 1.54) is 0 Å². The van der Waals surface area contributed by atoms with E-state index in [4.69, 9.17) is 14.2 Å². The van der Waals surface area contributed by atoms with Crippen LogP contribution in [0.3, 0.4) is 0 Å². The maximum atomic E-state index is 12.0. The first-order valence-electron chi connectivity index (χ1n) is 8.02. The Labute approximate surface area is 145 Å². The summed E-state index contributed by atoms with van der Waals surface area (Å²) >= 11 is 0. The van der Waals surface area contributed by atoms with Crippen molar-refractivity contribution in [1.82, 2.24) is 9.88 Å². The normalized spacial score (nSPS) is 13.8. The lowest BCUT2D eigenvalue weighted by molar-refractivity contribution is -0.124. The first-order chi connectivity index (χ1) is 12.0. The van der Waals surface area contributed by atoms with Gasteiger partial charge in [-0.15, -0.1) is 0 Å². The van der Waals surface area contributed by atoms with Crippen LogP contribution in [0.15, 0.2) is 36.5 Å². The summed E-state index contributed by atoms with van der Waals surface area (Å²) in [4.78, 5) is 23.9. The number of rotatable bonds is 5. The summed E-state index contributed by atoms with van der Waals surface area (Å²) in [5, 5.41) is 2.80. The zero-order chi connectivity index (χ0) is 17.8. The van der Waals surface area contributed by atoms with Crippen LogP contribution in [-0.4, -0.2) is 36.3 Å². The number of nitrogens with zero attached hydrogens (tertiary/aromatic N) is 1. The largest absolute Gasteiger partial charge is 0.486 e. The Morgan fingerprint density at radius 3 is 2.72 bits per heavy atom. The smallest absolute Gasteiger partial charge is 0.355 e. The summed E-state index contributed by atoms with van der Waals surface area (Å²) in [6.45, 7) is 2.55. The highest BCUT2D eigenvalue weighted by Crippen LogP contribution is 2.32. The third kappa shape index (κ3) is 3.93. The SMILES string of the molecule is CC(NC(=O)COC(=O)c1cccn1C)c1ccc2c(c1)OCCO2. The van der Waals surface area contributed by atoms with E-state index < -0.39 is 5.97 Å². The van der Waals surface area contributed by atoms with E-state index in [0.717, 1.165) is 5.56 Å². The minimum absolute atomic E-state index is 0.253. The summed E-state index contributed by atoms with van der Waals surface area (Å²) in [5.41, 5.74) is 1.28. The molecular formula is C18H20N2O5. The first kappa shape index (κ1) is 16.9. The van der Waals surface area contributed by atoms with Gasteiger partial charge in [0, 0.05) is 13.2 Å². The van der Waals surface area contributed by atoms with Crippen molar-refractivity contribution in [3.63, 3.8) is 0 Å².